The number of carbonyl (C=O) groups excluding carboxylic acids is 1. The van der Waals surface area contributed by atoms with Crippen LogP contribution in [0.25, 0.3) is 10.9 Å². The molecule has 2 rings (SSSR count). The number of halogens is 1. The molecule has 0 saturated carbocycles. The number of nitrogens with one attached hydrogen (secondary N) is 1. The van der Waals surface area contributed by atoms with Gasteiger partial charge in [-0.2, -0.15) is 0 Å². The molecule has 0 amide bonds. The minimum absolute atomic E-state index is 0.373. The summed E-state index contributed by atoms with van der Waals surface area (Å²) in [4.78, 5) is 13.8. The summed E-state index contributed by atoms with van der Waals surface area (Å²) in [6.45, 7) is 1.34. The normalized spacial score (nSPS) is 10.4. The largest absolute Gasteiger partial charge is 0.425 e. The number of rotatable bonds is 1. The highest BCUT2D eigenvalue weighted by atomic mass is 35.5. The first-order valence-corrected chi connectivity index (χ1v) is 4.49. The van der Waals surface area contributed by atoms with Crippen molar-refractivity contribution in [2.75, 3.05) is 0 Å². The van der Waals surface area contributed by atoms with Crippen molar-refractivity contribution in [3.63, 3.8) is 0 Å². The van der Waals surface area contributed by atoms with E-state index < -0.39 is 0 Å². The standard InChI is InChI=1S/C10H8ClNO2/c1-6(13)14-10-4-7-2-3-12-9(7)5-8(10)11/h2-5,12H,1H3. The zero-order valence-corrected chi connectivity index (χ0v) is 8.26. The Morgan fingerprint density at radius 1 is 1.50 bits per heavy atom. The monoisotopic (exact) mass is 209 g/mol. The van der Waals surface area contributed by atoms with Gasteiger partial charge in [-0.15, -0.1) is 0 Å². The van der Waals surface area contributed by atoms with Crippen LogP contribution in [-0.2, 0) is 4.79 Å². The highest BCUT2D eigenvalue weighted by Gasteiger charge is 2.06. The van der Waals surface area contributed by atoms with Crippen LogP contribution in [0.15, 0.2) is 24.4 Å². The molecular formula is C10H8ClNO2. The van der Waals surface area contributed by atoms with Crippen LogP contribution in [0.4, 0.5) is 0 Å². The zero-order valence-electron chi connectivity index (χ0n) is 7.50. The Bertz CT molecular complexity index is 490. The summed E-state index contributed by atoms with van der Waals surface area (Å²) in [5.74, 6) is 0.0213. The fourth-order valence-electron chi connectivity index (χ4n) is 1.29. The predicted octanol–water partition coefficient (Wildman–Crippen LogP) is 2.75. The maximum Gasteiger partial charge on any atom is 0.308 e. The lowest BCUT2D eigenvalue weighted by molar-refractivity contribution is -0.131. The van der Waals surface area contributed by atoms with Gasteiger partial charge in [-0.25, -0.2) is 0 Å². The third kappa shape index (κ3) is 1.59. The molecule has 1 aromatic heterocycles. The van der Waals surface area contributed by atoms with Crippen molar-refractivity contribution in [1.82, 2.24) is 4.98 Å². The van der Waals surface area contributed by atoms with Crippen molar-refractivity contribution in [2.45, 2.75) is 6.92 Å². The minimum atomic E-state index is -0.373. The van der Waals surface area contributed by atoms with E-state index in [-0.39, 0.29) is 5.97 Å². The highest BCUT2D eigenvalue weighted by Crippen LogP contribution is 2.29. The molecule has 0 unspecified atom stereocenters. The third-order valence-electron chi connectivity index (χ3n) is 1.86. The molecule has 1 heterocycles. The molecule has 0 radical (unpaired) electrons. The average molecular weight is 210 g/mol. The number of benzene rings is 1. The van der Waals surface area contributed by atoms with Crippen molar-refractivity contribution < 1.29 is 9.53 Å². The van der Waals surface area contributed by atoms with Crippen molar-refractivity contribution in [2.24, 2.45) is 0 Å². The van der Waals surface area contributed by atoms with Crippen LogP contribution >= 0.6 is 11.6 Å². The molecule has 0 fully saturated rings. The second-order valence-corrected chi connectivity index (χ2v) is 3.35. The summed E-state index contributed by atoms with van der Waals surface area (Å²) in [5.41, 5.74) is 0.922. The molecule has 0 aliphatic rings. The Morgan fingerprint density at radius 3 is 3.00 bits per heavy atom. The van der Waals surface area contributed by atoms with Gasteiger partial charge < -0.3 is 9.72 Å². The quantitative estimate of drug-likeness (QED) is 0.580. The second kappa shape index (κ2) is 3.35. The molecule has 0 atom stereocenters. The lowest BCUT2D eigenvalue weighted by Crippen LogP contribution is -2.01. The van der Waals surface area contributed by atoms with E-state index in [1.807, 2.05) is 6.07 Å². The summed E-state index contributed by atoms with van der Waals surface area (Å²) in [6.07, 6.45) is 1.80. The lowest BCUT2D eigenvalue weighted by Gasteiger charge is -2.03. The van der Waals surface area contributed by atoms with Crippen LogP contribution in [0.1, 0.15) is 6.92 Å². The number of carbonyl (C=O) groups is 1. The number of hydrogen-bond donors (Lipinski definition) is 1. The van der Waals surface area contributed by atoms with Gasteiger partial charge >= 0.3 is 5.97 Å². The number of hydrogen-bond acceptors (Lipinski definition) is 2. The first-order valence-electron chi connectivity index (χ1n) is 4.12. The number of aromatic amines is 1. The molecule has 4 heteroatoms. The zero-order chi connectivity index (χ0) is 10.1. The van der Waals surface area contributed by atoms with E-state index in [1.54, 1.807) is 18.3 Å². The van der Waals surface area contributed by atoms with Gasteiger partial charge in [0.05, 0.1) is 5.02 Å². The molecule has 1 aromatic carbocycles. The topological polar surface area (TPSA) is 42.1 Å². The Kier molecular flexibility index (Phi) is 2.17. The Morgan fingerprint density at radius 2 is 2.29 bits per heavy atom. The van der Waals surface area contributed by atoms with Crippen molar-refractivity contribution in [3.05, 3.63) is 29.4 Å². The van der Waals surface area contributed by atoms with E-state index in [2.05, 4.69) is 4.98 Å². The van der Waals surface area contributed by atoms with Gasteiger partial charge in [0.25, 0.3) is 0 Å². The summed E-state index contributed by atoms with van der Waals surface area (Å²) in [7, 11) is 0. The van der Waals surface area contributed by atoms with Gasteiger partial charge in [-0.3, -0.25) is 4.79 Å². The first kappa shape index (κ1) is 9.09. The van der Waals surface area contributed by atoms with Crippen LogP contribution < -0.4 is 4.74 Å². The first-order chi connectivity index (χ1) is 6.66. The summed E-state index contributed by atoms with van der Waals surface area (Å²) in [5, 5.41) is 1.39. The summed E-state index contributed by atoms with van der Waals surface area (Å²) < 4.78 is 4.94. The van der Waals surface area contributed by atoms with Crippen LogP contribution in [0, 0.1) is 0 Å². The Labute approximate surface area is 85.6 Å². The van der Waals surface area contributed by atoms with Gasteiger partial charge in [-0.1, -0.05) is 11.6 Å². The van der Waals surface area contributed by atoms with E-state index in [0.29, 0.717) is 10.8 Å². The molecule has 14 heavy (non-hydrogen) atoms. The molecular weight excluding hydrogens is 202 g/mol. The van der Waals surface area contributed by atoms with Gasteiger partial charge in [0.15, 0.2) is 0 Å². The fourth-order valence-corrected chi connectivity index (χ4v) is 1.49. The number of esters is 1. The maximum absolute atomic E-state index is 10.8. The molecule has 0 aliphatic carbocycles. The Balaban J connectivity index is 2.53. The predicted molar refractivity (Wildman–Crippen MR) is 54.6 cm³/mol. The summed E-state index contributed by atoms with van der Waals surface area (Å²) in [6, 6.07) is 5.35. The van der Waals surface area contributed by atoms with Gasteiger partial charge in [0, 0.05) is 24.0 Å². The van der Waals surface area contributed by atoms with Crippen LogP contribution in [0.3, 0.4) is 0 Å². The molecule has 3 nitrogen and oxygen atoms in total. The van der Waals surface area contributed by atoms with Crippen LogP contribution in [0.5, 0.6) is 5.75 Å². The SMILES string of the molecule is CC(=O)Oc1cc2cc[nH]c2cc1Cl. The van der Waals surface area contributed by atoms with Gasteiger partial charge in [0.1, 0.15) is 5.75 Å². The van der Waals surface area contributed by atoms with Crippen molar-refractivity contribution in [3.8, 4) is 5.75 Å². The molecule has 0 spiro atoms. The molecule has 0 aliphatic heterocycles. The van der Waals surface area contributed by atoms with E-state index in [4.69, 9.17) is 16.3 Å². The van der Waals surface area contributed by atoms with Crippen molar-refractivity contribution in [1.29, 1.82) is 0 Å². The van der Waals surface area contributed by atoms with E-state index in [9.17, 15) is 4.79 Å². The second-order valence-electron chi connectivity index (χ2n) is 2.94. The van der Waals surface area contributed by atoms with E-state index in [0.717, 1.165) is 10.9 Å². The average Bonchev–Trinajstić information content (AvgIpc) is 2.51. The van der Waals surface area contributed by atoms with E-state index >= 15 is 0 Å². The van der Waals surface area contributed by atoms with Crippen LogP contribution in [-0.4, -0.2) is 11.0 Å². The Hall–Kier alpha value is -1.48. The number of ether oxygens (including phenoxy) is 1. The molecule has 2 aromatic rings. The van der Waals surface area contributed by atoms with E-state index in [1.165, 1.54) is 6.92 Å². The third-order valence-corrected chi connectivity index (χ3v) is 2.15. The summed E-state index contributed by atoms with van der Waals surface area (Å²) >= 11 is 5.91. The molecule has 0 saturated heterocycles. The minimum Gasteiger partial charge on any atom is -0.425 e. The maximum atomic E-state index is 10.8. The number of aromatic nitrogens is 1. The lowest BCUT2D eigenvalue weighted by atomic mass is 10.2. The number of fused-ring (bicyclic) bond motifs is 1. The fraction of sp³-hybridized carbons (Fsp3) is 0.100. The molecule has 1 N–H and O–H groups in total. The molecule has 0 bridgehead atoms. The highest BCUT2D eigenvalue weighted by molar-refractivity contribution is 6.32. The van der Waals surface area contributed by atoms with Crippen LogP contribution in [0.2, 0.25) is 5.02 Å². The van der Waals surface area contributed by atoms with Gasteiger partial charge in [0.2, 0.25) is 0 Å². The number of H-pyrrole nitrogens is 1. The van der Waals surface area contributed by atoms with Gasteiger partial charge in [-0.05, 0) is 18.2 Å². The molecule has 72 valence electrons. The smallest absolute Gasteiger partial charge is 0.308 e. The van der Waals surface area contributed by atoms with Crippen molar-refractivity contribution >= 4 is 28.5 Å².